The molecule has 98 valence electrons. The second-order valence-electron chi connectivity index (χ2n) is 5.05. The standard InChI is InChI=1S/C15H20ClNO/c16-15-6-2-1-5-14(15)12-17-9-7-13(8-10-17)4-3-11-18/h1-2,5-6,11,13H,3-4,7-10,12H2. The lowest BCUT2D eigenvalue weighted by Gasteiger charge is -2.31. The van der Waals surface area contributed by atoms with E-state index in [4.69, 9.17) is 11.6 Å². The highest BCUT2D eigenvalue weighted by Crippen LogP contribution is 2.24. The van der Waals surface area contributed by atoms with E-state index in [1.54, 1.807) is 0 Å². The molecule has 0 N–H and O–H groups in total. The molecule has 1 saturated heterocycles. The lowest BCUT2D eigenvalue weighted by molar-refractivity contribution is -0.108. The number of nitrogens with zero attached hydrogens (tertiary/aromatic N) is 1. The molecule has 1 fully saturated rings. The van der Waals surface area contributed by atoms with Gasteiger partial charge in [-0.3, -0.25) is 4.90 Å². The van der Waals surface area contributed by atoms with Gasteiger partial charge < -0.3 is 4.79 Å². The molecule has 0 atom stereocenters. The van der Waals surface area contributed by atoms with E-state index in [1.165, 1.54) is 18.4 Å². The van der Waals surface area contributed by atoms with Crippen molar-refractivity contribution < 1.29 is 4.79 Å². The fourth-order valence-corrected chi connectivity index (χ4v) is 2.80. The summed E-state index contributed by atoms with van der Waals surface area (Å²) in [5.41, 5.74) is 1.21. The molecule has 1 aromatic carbocycles. The Bertz CT molecular complexity index is 386. The van der Waals surface area contributed by atoms with Gasteiger partial charge in [-0.25, -0.2) is 0 Å². The van der Waals surface area contributed by atoms with E-state index < -0.39 is 0 Å². The number of carbonyl (C=O) groups excluding carboxylic acids is 1. The zero-order valence-corrected chi connectivity index (χ0v) is 11.4. The van der Waals surface area contributed by atoms with Crippen LogP contribution in [-0.2, 0) is 11.3 Å². The van der Waals surface area contributed by atoms with E-state index in [0.29, 0.717) is 0 Å². The Morgan fingerprint density at radius 1 is 1.28 bits per heavy atom. The first-order valence-electron chi connectivity index (χ1n) is 6.69. The van der Waals surface area contributed by atoms with Gasteiger partial charge in [0.1, 0.15) is 6.29 Å². The van der Waals surface area contributed by atoms with E-state index in [1.807, 2.05) is 18.2 Å². The molecule has 2 nitrogen and oxygen atoms in total. The molecule has 1 aliphatic rings. The van der Waals surface area contributed by atoms with Gasteiger partial charge in [0.25, 0.3) is 0 Å². The predicted molar refractivity (Wildman–Crippen MR) is 74.8 cm³/mol. The van der Waals surface area contributed by atoms with Gasteiger partial charge in [-0.1, -0.05) is 29.8 Å². The third-order valence-corrected chi connectivity index (χ3v) is 4.12. The summed E-state index contributed by atoms with van der Waals surface area (Å²) >= 11 is 6.18. The smallest absolute Gasteiger partial charge is 0.120 e. The monoisotopic (exact) mass is 265 g/mol. The third-order valence-electron chi connectivity index (χ3n) is 3.75. The van der Waals surface area contributed by atoms with Gasteiger partial charge in [-0.15, -0.1) is 0 Å². The van der Waals surface area contributed by atoms with Crippen molar-refractivity contribution in [3.05, 3.63) is 34.9 Å². The highest BCUT2D eigenvalue weighted by molar-refractivity contribution is 6.31. The summed E-state index contributed by atoms with van der Waals surface area (Å²) in [5, 5.41) is 0.862. The number of hydrogen-bond donors (Lipinski definition) is 0. The van der Waals surface area contributed by atoms with Crippen LogP contribution in [0.2, 0.25) is 5.02 Å². The molecule has 0 saturated carbocycles. The maximum atomic E-state index is 10.4. The van der Waals surface area contributed by atoms with Crippen molar-refractivity contribution in [2.75, 3.05) is 13.1 Å². The van der Waals surface area contributed by atoms with Crippen LogP contribution in [-0.4, -0.2) is 24.3 Å². The fraction of sp³-hybridized carbons (Fsp3) is 0.533. The molecule has 0 spiro atoms. The SMILES string of the molecule is O=CCCC1CCN(Cc2ccccc2Cl)CC1. The van der Waals surface area contributed by atoms with E-state index >= 15 is 0 Å². The van der Waals surface area contributed by atoms with Crippen LogP contribution in [0.15, 0.2) is 24.3 Å². The second kappa shape index (κ2) is 6.91. The Labute approximate surface area is 114 Å². The average molecular weight is 266 g/mol. The van der Waals surface area contributed by atoms with Gasteiger partial charge in [0.2, 0.25) is 0 Å². The maximum absolute atomic E-state index is 10.4. The Morgan fingerprint density at radius 3 is 2.67 bits per heavy atom. The summed E-state index contributed by atoms with van der Waals surface area (Å²) in [6.45, 7) is 3.18. The first kappa shape index (κ1) is 13.6. The summed E-state index contributed by atoms with van der Waals surface area (Å²) in [7, 11) is 0. The molecule has 1 aromatic rings. The Kier molecular flexibility index (Phi) is 5.21. The van der Waals surface area contributed by atoms with Crippen molar-refractivity contribution in [2.45, 2.75) is 32.2 Å². The highest BCUT2D eigenvalue weighted by atomic mass is 35.5. The lowest BCUT2D eigenvalue weighted by atomic mass is 9.92. The number of carbonyl (C=O) groups is 1. The van der Waals surface area contributed by atoms with Gasteiger partial charge in [0.05, 0.1) is 0 Å². The Balaban J connectivity index is 1.80. The molecule has 1 heterocycles. The molecule has 3 heteroatoms. The van der Waals surface area contributed by atoms with Crippen LogP contribution < -0.4 is 0 Å². The van der Waals surface area contributed by atoms with Crippen LogP contribution in [0.1, 0.15) is 31.2 Å². The van der Waals surface area contributed by atoms with Gasteiger partial charge in [0.15, 0.2) is 0 Å². The minimum Gasteiger partial charge on any atom is -0.303 e. The van der Waals surface area contributed by atoms with Crippen molar-refractivity contribution in [1.82, 2.24) is 4.90 Å². The topological polar surface area (TPSA) is 20.3 Å². The van der Waals surface area contributed by atoms with E-state index in [9.17, 15) is 4.79 Å². The minimum atomic E-state index is 0.717. The van der Waals surface area contributed by atoms with Crippen LogP contribution in [0, 0.1) is 5.92 Å². The number of hydrogen-bond acceptors (Lipinski definition) is 2. The Hall–Kier alpha value is -0.860. The number of piperidine rings is 1. The number of likely N-dealkylation sites (tertiary alicyclic amines) is 1. The molecule has 0 radical (unpaired) electrons. The molecule has 0 aliphatic carbocycles. The van der Waals surface area contributed by atoms with Gasteiger partial charge in [0, 0.05) is 18.0 Å². The van der Waals surface area contributed by atoms with Crippen molar-refractivity contribution in [3.63, 3.8) is 0 Å². The molecular formula is C15H20ClNO. The van der Waals surface area contributed by atoms with Gasteiger partial charge in [-0.05, 0) is 49.9 Å². The average Bonchev–Trinajstić information content (AvgIpc) is 2.41. The first-order chi connectivity index (χ1) is 8.79. The van der Waals surface area contributed by atoms with Crippen LogP contribution >= 0.6 is 11.6 Å². The molecule has 0 unspecified atom stereocenters. The quantitative estimate of drug-likeness (QED) is 0.759. The number of benzene rings is 1. The predicted octanol–water partition coefficient (Wildman–Crippen LogP) is 3.53. The summed E-state index contributed by atoms with van der Waals surface area (Å²) in [5.74, 6) is 0.734. The van der Waals surface area contributed by atoms with Gasteiger partial charge in [-0.2, -0.15) is 0 Å². The summed E-state index contributed by atoms with van der Waals surface area (Å²) in [6, 6.07) is 8.06. The molecule has 1 aliphatic heterocycles. The van der Waals surface area contributed by atoms with Crippen LogP contribution in [0.4, 0.5) is 0 Å². The normalized spacial score (nSPS) is 17.8. The molecule has 2 rings (SSSR count). The van der Waals surface area contributed by atoms with E-state index in [-0.39, 0.29) is 0 Å². The van der Waals surface area contributed by atoms with E-state index in [2.05, 4.69) is 11.0 Å². The maximum Gasteiger partial charge on any atom is 0.120 e. The summed E-state index contributed by atoms with van der Waals surface area (Å²) in [6.07, 6.45) is 5.23. The number of rotatable bonds is 5. The zero-order valence-electron chi connectivity index (χ0n) is 10.6. The van der Waals surface area contributed by atoms with Crippen LogP contribution in [0.25, 0.3) is 0 Å². The molecular weight excluding hydrogens is 246 g/mol. The molecule has 18 heavy (non-hydrogen) atoms. The first-order valence-corrected chi connectivity index (χ1v) is 7.07. The van der Waals surface area contributed by atoms with Crippen molar-refractivity contribution in [1.29, 1.82) is 0 Å². The van der Waals surface area contributed by atoms with E-state index in [0.717, 1.165) is 49.7 Å². The second-order valence-corrected chi connectivity index (χ2v) is 5.46. The number of halogens is 1. The number of aldehydes is 1. The van der Waals surface area contributed by atoms with Crippen LogP contribution in [0.3, 0.4) is 0 Å². The fourth-order valence-electron chi connectivity index (χ4n) is 2.60. The Morgan fingerprint density at radius 2 is 2.00 bits per heavy atom. The minimum absolute atomic E-state index is 0.717. The van der Waals surface area contributed by atoms with Crippen molar-refractivity contribution in [3.8, 4) is 0 Å². The highest BCUT2D eigenvalue weighted by Gasteiger charge is 2.19. The molecule has 0 amide bonds. The lowest BCUT2D eigenvalue weighted by Crippen LogP contribution is -2.33. The van der Waals surface area contributed by atoms with Crippen LogP contribution in [0.5, 0.6) is 0 Å². The summed E-state index contributed by atoms with van der Waals surface area (Å²) < 4.78 is 0. The van der Waals surface area contributed by atoms with Crippen molar-refractivity contribution >= 4 is 17.9 Å². The third kappa shape index (κ3) is 3.82. The molecule has 0 aromatic heterocycles. The van der Waals surface area contributed by atoms with Gasteiger partial charge >= 0.3 is 0 Å². The zero-order chi connectivity index (χ0) is 12.8. The largest absolute Gasteiger partial charge is 0.303 e. The summed E-state index contributed by atoms with van der Waals surface area (Å²) in [4.78, 5) is 12.8. The van der Waals surface area contributed by atoms with Crippen molar-refractivity contribution in [2.24, 2.45) is 5.92 Å². The molecule has 0 bridgehead atoms.